The van der Waals surface area contributed by atoms with Gasteiger partial charge in [0.2, 0.25) is 5.43 Å². The fraction of sp³-hybridized carbons (Fsp3) is 0.500. The first-order valence-electron chi connectivity index (χ1n) is 9.71. The molecule has 2 aromatic rings. The molecule has 2 N–H and O–H groups in total. The number of anilines is 1. The standard InChI is InChI=1S/C20H22FN3O4/c1-10-9-28-19-16-12(18(25)13(20(26)27)7-24(10)16)5-14(21)17(19)23-6-11-3-2-4-22-15(11)8-23/h5,7,10-11,15,22H,2-4,6,8-9H2,1H3,(H,26,27)/t10-,11-,15+/m0/s1. The number of fused-ring (bicyclic) bond motifs is 1. The van der Waals surface area contributed by atoms with Gasteiger partial charge in [0, 0.05) is 25.3 Å². The minimum absolute atomic E-state index is 0.0532. The van der Waals surface area contributed by atoms with Crippen molar-refractivity contribution in [3.63, 3.8) is 0 Å². The molecule has 1 aromatic heterocycles. The molecule has 7 nitrogen and oxygen atoms in total. The highest BCUT2D eigenvalue weighted by molar-refractivity contribution is 5.97. The summed E-state index contributed by atoms with van der Waals surface area (Å²) in [6.07, 6.45) is 3.59. The van der Waals surface area contributed by atoms with Gasteiger partial charge in [-0.1, -0.05) is 0 Å². The predicted octanol–water partition coefficient (Wildman–Crippen LogP) is 1.98. The van der Waals surface area contributed by atoms with Crippen LogP contribution in [0.15, 0.2) is 17.1 Å². The van der Waals surface area contributed by atoms with E-state index in [1.165, 1.54) is 12.3 Å². The van der Waals surface area contributed by atoms with Crippen molar-refractivity contribution in [1.29, 1.82) is 0 Å². The van der Waals surface area contributed by atoms with Crippen molar-refractivity contribution < 1.29 is 19.0 Å². The number of halogens is 1. The summed E-state index contributed by atoms with van der Waals surface area (Å²) in [4.78, 5) is 26.2. The van der Waals surface area contributed by atoms with Crippen LogP contribution in [0.5, 0.6) is 5.75 Å². The fourth-order valence-corrected chi connectivity index (χ4v) is 4.89. The fourth-order valence-electron chi connectivity index (χ4n) is 4.89. The van der Waals surface area contributed by atoms with Crippen molar-refractivity contribution >= 4 is 22.6 Å². The second-order valence-corrected chi connectivity index (χ2v) is 8.04. The summed E-state index contributed by atoms with van der Waals surface area (Å²) < 4.78 is 22.9. The number of hydrogen-bond donors (Lipinski definition) is 2. The number of nitrogens with one attached hydrogen (secondary N) is 1. The van der Waals surface area contributed by atoms with Gasteiger partial charge in [-0.05, 0) is 38.3 Å². The number of piperidine rings is 1. The SMILES string of the molecule is C[C@H]1COc2c(N3C[C@@H]4CCCN[C@@H]4C3)c(F)cc3c(=O)c(C(=O)O)cn1c23. The second kappa shape index (κ2) is 6.20. The average Bonchev–Trinajstić information content (AvgIpc) is 3.09. The molecule has 3 aliphatic rings. The van der Waals surface area contributed by atoms with Gasteiger partial charge in [0.15, 0.2) is 11.6 Å². The van der Waals surface area contributed by atoms with Crippen molar-refractivity contribution in [2.75, 3.05) is 31.1 Å². The Morgan fingerprint density at radius 2 is 2.21 bits per heavy atom. The monoisotopic (exact) mass is 387 g/mol. The molecule has 148 valence electrons. The zero-order valence-corrected chi connectivity index (χ0v) is 15.6. The number of carboxylic acids is 1. The summed E-state index contributed by atoms with van der Waals surface area (Å²) >= 11 is 0. The highest BCUT2D eigenvalue weighted by Gasteiger charge is 2.38. The van der Waals surface area contributed by atoms with Crippen molar-refractivity contribution in [2.45, 2.75) is 31.8 Å². The first kappa shape index (κ1) is 17.5. The van der Waals surface area contributed by atoms with Crippen LogP contribution in [0.4, 0.5) is 10.1 Å². The number of aromatic carboxylic acids is 1. The van der Waals surface area contributed by atoms with Crippen LogP contribution in [0.1, 0.15) is 36.2 Å². The minimum atomic E-state index is -1.31. The maximum Gasteiger partial charge on any atom is 0.341 e. The zero-order chi connectivity index (χ0) is 19.6. The summed E-state index contributed by atoms with van der Waals surface area (Å²) in [5.41, 5.74) is -0.171. The normalized spacial score (nSPS) is 26.2. The first-order valence-corrected chi connectivity index (χ1v) is 9.71. The molecule has 3 aliphatic heterocycles. The van der Waals surface area contributed by atoms with E-state index in [1.54, 1.807) is 4.57 Å². The summed E-state index contributed by atoms with van der Waals surface area (Å²) in [5.74, 6) is -1.03. The van der Waals surface area contributed by atoms with Gasteiger partial charge in [-0.15, -0.1) is 0 Å². The lowest BCUT2D eigenvalue weighted by molar-refractivity contribution is 0.0694. The summed E-state index contributed by atoms with van der Waals surface area (Å²) in [7, 11) is 0. The van der Waals surface area contributed by atoms with E-state index in [1.807, 2.05) is 11.8 Å². The second-order valence-electron chi connectivity index (χ2n) is 8.04. The summed E-state index contributed by atoms with van der Waals surface area (Å²) in [5, 5.41) is 12.9. The van der Waals surface area contributed by atoms with Gasteiger partial charge in [0.1, 0.15) is 17.9 Å². The quantitative estimate of drug-likeness (QED) is 0.820. The number of nitrogens with zero attached hydrogens (tertiary/aromatic N) is 2. The molecule has 4 heterocycles. The number of carboxylic acid groups (broad SMARTS) is 1. The average molecular weight is 387 g/mol. The number of carbonyl (C=O) groups is 1. The Kier molecular flexibility index (Phi) is 3.87. The third kappa shape index (κ3) is 2.44. The van der Waals surface area contributed by atoms with E-state index >= 15 is 4.39 Å². The van der Waals surface area contributed by atoms with Crippen LogP contribution in [0.3, 0.4) is 0 Å². The van der Waals surface area contributed by atoms with Crippen molar-refractivity contribution in [2.24, 2.45) is 5.92 Å². The number of rotatable bonds is 2. The number of hydrogen-bond acceptors (Lipinski definition) is 5. The molecular weight excluding hydrogens is 365 g/mol. The van der Waals surface area contributed by atoms with Gasteiger partial charge < -0.3 is 24.6 Å². The van der Waals surface area contributed by atoms with Gasteiger partial charge in [-0.25, -0.2) is 9.18 Å². The third-order valence-corrected chi connectivity index (χ3v) is 6.29. The lowest BCUT2D eigenvalue weighted by atomic mass is 9.94. The van der Waals surface area contributed by atoms with E-state index in [4.69, 9.17) is 4.74 Å². The lowest BCUT2D eigenvalue weighted by Gasteiger charge is -2.31. The topological polar surface area (TPSA) is 83.8 Å². The number of pyridine rings is 1. The van der Waals surface area contributed by atoms with E-state index in [-0.39, 0.29) is 17.0 Å². The zero-order valence-electron chi connectivity index (χ0n) is 15.6. The molecule has 28 heavy (non-hydrogen) atoms. The molecule has 0 unspecified atom stereocenters. The van der Waals surface area contributed by atoms with Gasteiger partial charge >= 0.3 is 5.97 Å². The van der Waals surface area contributed by atoms with Crippen LogP contribution in [0, 0.1) is 11.7 Å². The molecule has 3 atom stereocenters. The minimum Gasteiger partial charge on any atom is -0.487 e. The van der Waals surface area contributed by atoms with Crippen LogP contribution < -0.4 is 20.4 Å². The molecular formula is C20H22FN3O4. The molecule has 5 rings (SSSR count). The molecule has 2 saturated heterocycles. The van der Waals surface area contributed by atoms with Crippen LogP contribution in [0.2, 0.25) is 0 Å². The molecule has 2 fully saturated rings. The Morgan fingerprint density at radius 1 is 1.39 bits per heavy atom. The molecule has 0 radical (unpaired) electrons. The van der Waals surface area contributed by atoms with Gasteiger partial charge in [-0.3, -0.25) is 4.79 Å². The van der Waals surface area contributed by atoms with Crippen molar-refractivity contribution in [1.82, 2.24) is 9.88 Å². The van der Waals surface area contributed by atoms with E-state index in [0.717, 1.165) is 25.9 Å². The number of aromatic nitrogens is 1. The molecule has 0 bridgehead atoms. The highest BCUT2D eigenvalue weighted by Crippen LogP contribution is 2.43. The van der Waals surface area contributed by atoms with Crippen LogP contribution >= 0.6 is 0 Å². The smallest absolute Gasteiger partial charge is 0.341 e. The van der Waals surface area contributed by atoms with Gasteiger partial charge in [0.05, 0.1) is 16.9 Å². The van der Waals surface area contributed by atoms with E-state index < -0.39 is 17.2 Å². The predicted molar refractivity (Wildman–Crippen MR) is 102 cm³/mol. The molecule has 0 amide bonds. The maximum absolute atomic E-state index is 15.2. The molecule has 0 spiro atoms. The first-order chi connectivity index (χ1) is 13.5. The lowest BCUT2D eigenvalue weighted by Crippen LogP contribution is -2.40. The molecule has 8 heteroatoms. The highest BCUT2D eigenvalue weighted by atomic mass is 19.1. The Bertz CT molecular complexity index is 1040. The third-order valence-electron chi connectivity index (χ3n) is 6.29. The largest absolute Gasteiger partial charge is 0.487 e. The van der Waals surface area contributed by atoms with Crippen LogP contribution in [0.25, 0.3) is 10.9 Å². The van der Waals surface area contributed by atoms with Crippen molar-refractivity contribution in [3.8, 4) is 5.75 Å². The van der Waals surface area contributed by atoms with E-state index in [0.29, 0.717) is 42.1 Å². The molecule has 0 aliphatic carbocycles. The molecule has 0 saturated carbocycles. The summed E-state index contributed by atoms with van der Waals surface area (Å²) in [6.45, 7) is 4.59. The van der Waals surface area contributed by atoms with E-state index in [2.05, 4.69) is 5.32 Å². The number of benzene rings is 1. The Hall–Kier alpha value is -2.61. The van der Waals surface area contributed by atoms with Crippen LogP contribution in [-0.4, -0.2) is 47.9 Å². The Labute approximate surface area is 160 Å². The maximum atomic E-state index is 15.2. The Morgan fingerprint density at radius 3 is 2.96 bits per heavy atom. The van der Waals surface area contributed by atoms with Crippen LogP contribution in [-0.2, 0) is 0 Å². The van der Waals surface area contributed by atoms with Gasteiger partial charge in [-0.2, -0.15) is 0 Å². The van der Waals surface area contributed by atoms with E-state index in [9.17, 15) is 14.7 Å². The van der Waals surface area contributed by atoms with Gasteiger partial charge in [0.25, 0.3) is 0 Å². The van der Waals surface area contributed by atoms with Crippen molar-refractivity contribution in [3.05, 3.63) is 33.9 Å². The Balaban J connectivity index is 1.73. The number of ether oxygens (including phenoxy) is 1. The summed E-state index contributed by atoms with van der Waals surface area (Å²) in [6, 6.07) is 1.35. The molecule has 1 aromatic carbocycles.